The minimum Gasteiger partial charge on any atom is -0.347 e. The largest absolute Gasteiger partial charge is 0.347 e. The van der Waals surface area contributed by atoms with E-state index in [9.17, 15) is 9.59 Å². The number of nitrogens with one attached hydrogen (secondary N) is 2. The lowest BCUT2D eigenvalue weighted by atomic mass is 10.1. The second kappa shape index (κ2) is 8.47. The van der Waals surface area contributed by atoms with Crippen LogP contribution in [0.25, 0.3) is 0 Å². The molecule has 0 atom stereocenters. The van der Waals surface area contributed by atoms with E-state index < -0.39 is 0 Å². The van der Waals surface area contributed by atoms with Crippen LogP contribution in [0.2, 0.25) is 0 Å². The first-order chi connectivity index (χ1) is 11.8. The van der Waals surface area contributed by atoms with E-state index in [0.717, 1.165) is 27.9 Å². The highest BCUT2D eigenvalue weighted by Crippen LogP contribution is 2.21. The first-order valence-electron chi connectivity index (χ1n) is 8.55. The van der Waals surface area contributed by atoms with E-state index >= 15 is 0 Å². The van der Waals surface area contributed by atoms with Gasteiger partial charge >= 0.3 is 0 Å². The average molecular weight is 338 g/mol. The van der Waals surface area contributed by atoms with Gasteiger partial charge in [-0.1, -0.05) is 47.5 Å². The van der Waals surface area contributed by atoms with E-state index in [2.05, 4.69) is 16.7 Å². The molecule has 2 amide bonds. The molecule has 0 aliphatic rings. The van der Waals surface area contributed by atoms with Gasteiger partial charge in [0.25, 0.3) is 0 Å². The van der Waals surface area contributed by atoms with Crippen molar-refractivity contribution in [1.29, 1.82) is 0 Å². The molecule has 2 rings (SSSR count). The van der Waals surface area contributed by atoms with Gasteiger partial charge in [-0.05, 0) is 50.8 Å². The molecule has 25 heavy (non-hydrogen) atoms. The Morgan fingerprint density at radius 3 is 2.20 bits per heavy atom. The Labute approximate surface area is 149 Å². The molecule has 0 fully saturated rings. The van der Waals surface area contributed by atoms with E-state index in [0.29, 0.717) is 12.8 Å². The van der Waals surface area contributed by atoms with Gasteiger partial charge in [0, 0.05) is 12.1 Å². The van der Waals surface area contributed by atoms with Crippen LogP contribution in [-0.4, -0.2) is 18.4 Å². The molecule has 0 saturated carbocycles. The minimum atomic E-state index is -0.209. The van der Waals surface area contributed by atoms with Gasteiger partial charge in [0.15, 0.2) is 0 Å². The second-order valence-electron chi connectivity index (χ2n) is 6.59. The fraction of sp³-hybridized carbons (Fsp3) is 0.333. The number of amides is 2. The van der Waals surface area contributed by atoms with Gasteiger partial charge in [0.05, 0.1) is 6.54 Å². The van der Waals surface area contributed by atoms with Crippen molar-refractivity contribution >= 4 is 17.5 Å². The predicted molar refractivity (Wildman–Crippen MR) is 102 cm³/mol. The molecule has 0 aromatic heterocycles. The van der Waals surface area contributed by atoms with Crippen molar-refractivity contribution in [3.63, 3.8) is 0 Å². The van der Waals surface area contributed by atoms with Gasteiger partial charge in [0.1, 0.15) is 0 Å². The fourth-order valence-electron chi connectivity index (χ4n) is 2.95. The summed E-state index contributed by atoms with van der Waals surface area (Å²) >= 11 is 0. The van der Waals surface area contributed by atoms with Crippen LogP contribution < -0.4 is 10.6 Å². The number of anilines is 1. The van der Waals surface area contributed by atoms with Gasteiger partial charge in [-0.2, -0.15) is 0 Å². The zero-order chi connectivity index (χ0) is 18.4. The highest BCUT2D eigenvalue weighted by molar-refractivity contribution is 5.95. The summed E-state index contributed by atoms with van der Waals surface area (Å²) in [6, 6.07) is 12.2. The lowest BCUT2D eigenvalue weighted by molar-refractivity contribution is -0.124. The second-order valence-corrected chi connectivity index (χ2v) is 6.59. The van der Waals surface area contributed by atoms with E-state index in [-0.39, 0.29) is 18.4 Å². The number of carbonyl (C=O) groups excluding carboxylic acids is 2. The number of benzene rings is 2. The van der Waals surface area contributed by atoms with E-state index in [1.54, 1.807) is 0 Å². The third kappa shape index (κ3) is 5.75. The molecule has 2 aromatic rings. The van der Waals surface area contributed by atoms with Crippen molar-refractivity contribution < 1.29 is 9.59 Å². The Balaban J connectivity index is 1.81. The summed E-state index contributed by atoms with van der Waals surface area (Å²) in [5.41, 5.74) is 6.35. The van der Waals surface area contributed by atoms with Gasteiger partial charge in [-0.25, -0.2) is 0 Å². The monoisotopic (exact) mass is 338 g/mol. The van der Waals surface area contributed by atoms with Crippen LogP contribution in [0.3, 0.4) is 0 Å². The zero-order valence-corrected chi connectivity index (χ0v) is 15.4. The Morgan fingerprint density at radius 2 is 1.56 bits per heavy atom. The molecule has 0 saturated heterocycles. The summed E-state index contributed by atoms with van der Waals surface area (Å²) in [6.07, 6.45) is 1.05. The first-order valence-corrected chi connectivity index (χ1v) is 8.55. The summed E-state index contributed by atoms with van der Waals surface area (Å²) in [5, 5.41) is 5.58. The Bertz CT molecular complexity index is 758. The molecule has 0 radical (unpaired) electrons. The van der Waals surface area contributed by atoms with Crippen LogP contribution in [0.1, 0.15) is 34.2 Å². The quantitative estimate of drug-likeness (QED) is 0.845. The third-order valence-corrected chi connectivity index (χ3v) is 4.11. The van der Waals surface area contributed by atoms with Crippen molar-refractivity contribution in [3.8, 4) is 0 Å². The molecule has 0 spiro atoms. The minimum absolute atomic E-state index is 0.0145. The van der Waals surface area contributed by atoms with Gasteiger partial charge < -0.3 is 10.6 Å². The summed E-state index contributed by atoms with van der Waals surface area (Å²) in [6.45, 7) is 7.98. The van der Waals surface area contributed by atoms with E-state index in [1.165, 1.54) is 5.56 Å². The average Bonchev–Trinajstić information content (AvgIpc) is 2.54. The lowest BCUT2D eigenvalue weighted by Gasteiger charge is -2.13. The van der Waals surface area contributed by atoms with Crippen molar-refractivity contribution in [2.45, 2.75) is 40.5 Å². The third-order valence-electron chi connectivity index (χ3n) is 4.11. The molecule has 0 unspecified atom stereocenters. The van der Waals surface area contributed by atoms with Crippen LogP contribution >= 0.6 is 0 Å². The molecule has 4 nitrogen and oxygen atoms in total. The summed E-state index contributed by atoms with van der Waals surface area (Å²) in [4.78, 5) is 24.0. The summed E-state index contributed by atoms with van der Waals surface area (Å²) in [5.74, 6) is -0.326. The number of aryl methyl sites for hydroxylation is 5. The molecule has 4 heteroatoms. The van der Waals surface area contributed by atoms with Gasteiger partial charge in [-0.3, -0.25) is 9.59 Å². The normalized spacial score (nSPS) is 10.4. The van der Waals surface area contributed by atoms with Crippen LogP contribution in [0.4, 0.5) is 5.69 Å². The zero-order valence-electron chi connectivity index (χ0n) is 15.4. The highest BCUT2D eigenvalue weighted by Gasteiger charge is 2.10. The number of hydrogen-bond donors (Lipinski definition) is 2. The molecule has 0 aliphatic heterocycles. The number of rotatable bonds is 6. The maximum atomic E-state index is 12.1. The van der Waals surface area contributed by atoms with Crippen LogP contribution in [-0.2, 0) is 16.0 Å². The molecule has 0 aliphatic carbocycles. The van der Waals surface area contributed by atoms with Crippen molar-refractivity contribution in [2.75, 3.05) is 11.9 Å². The number of carbonyl (C=O) groups is 2. The van der Waals surface area contributed by atoms with E-state index in [1.807, 2.05) is 58.0 Å². The Hall–Kier alpha value is -2.62. The molecular weight excluding hydrogens is 312 g/mol. The molecule has 0 bridgehead atoms. The topological polar surface area (TPSA) is 58.2 Å². The molecule has 132 valence electrons. The molecule has 2 N–H and O–H groups in total. The van der Waals surface area contributed by atoms with Crippen LogP contribution in [0.5, 0.6) is 0 Å². The maximum absolute atomic E-state index is 12.1. The Kier molecular flexibility index (Phi) is 6.34. The predicted octanol–water partition coefficient (Wildman–Crippen LogP) is 3.61. The van der Waals surface area contributed by atoms with Gasteiger partial charge in [-0.15, -0.1) is 0 Å². The first kappa shape index (κ1) is 18.7. The van der Waals surface area contributed by atoms with E-state index in [4.69, 9.17) is 0 Å². The number of hydrogen-bond acceptors (Lipinski definition) is 2. The molecule has 0 heterocycles. The highest BCUT2D eigenvalue weighted by atomic mass is 16.2. The molecule has 2 aromatic carbocycles. The smallest absolute Gasteiger partial charge is 0.243 e. The summed E-state index contributed by atoms with van der Waals surface area (Å²) in [7, 11) is 0. The SMILES string of the molecule is Cc1cccc(CCC(=O)NCC(=O)Nc2c(C)cc(C)cc2C)c1. The van der Waals surface area contributed by atoms with Gasteiger partial charge in [0.2, 0.25) is 11.8 Å². The fourth-order valence-corrected chi connectivity index (χ4v) is 2.95. The molecular formula is C21H26N2O2. The van der Waals surface area contributed by atoms with Crippen molar-refractivity contribution in [3.05, 3.63) is 64.2 Å². The maximum Gasteiger partial charge on any atom is 0.243 e. The van der Waals surface area contributed by atoms with Crippen LogP contribution in [0, 0.1) is 27.7 Å². The lowest BCUT2D eigenvalue weighted by Crippen LogP contribution is -2.33. The summed E-state index contributed by atoms with van der Waals surface area (Å²) < 4.78 is 0. The van der Waals surface area contributed by atoms with Crippen molar-refractivity contribution in [1.82, 2.24) is 5.32 Å². The van der Waals surface area contributed by atoms with Crippen molar-refractivity contribution in [2.24, 2.45) is 0 Å². The standard InChI is InChI=1S/C21H26N2O2/c1-14-6-5-7-18(12-14)8-9-19(24)22-13-20(25)23-21-16(3)10-15(2)11-17(21)4/h5-7,10-12H,8-9,13H2,1-4H3,(H,22,24)(H,23,25). The Morgan fingerprint density at radius 1 is 0.880 bits per heavy atom. The van der Waals surface area contributed by atoms with Crippen LogP contribution in [0.15, 0.2) is 36.4 Å².